The SMILES string of the molecule is CCc1cc2c(N3CCN(C(=O)CCCOn4nnc5ccccc54)CC3)nc(Cl)nc2s1. The number of anilines is 1. The first-order valence-electron chi connectivity index (χ1n) is 11.0. The molecule has 0 unspecified atom stereocenters. The molecule has 33 heavy (non-hydrogen) atoms. The number of piperazine rings is 1. The summed E-state index contributed by atoms with van der Waals surface area (Å²) in [4.78, 5) is 35.0. The van der Waals surface area contributed by atoms with Crippen LogP contribution < -0.4 is 9.74 Å². The van der Waals surface area contributed by atoms with Crippen molar-refractivity contribution in [2.45, 2.75) is 26.2 Å². The Bertz CT molecular complexity index is 1280. The molecule has 1 aliphatic heterocycles. The highest BCUT2D eigenvalue weighted by atomic mass is 35.5. The molecule has 4 aromatic rings. The maximum atomic E-state index is 12.7. The van der Waals surface area contributed by atoms with Gasteiger partial charge in [0.1, 0.15) is 28.3 Å². The molecule has 1 aliphatic rings. The highest BCUT2D eigenvalue weighted by molar-refractivity contribution is 7.18. The van der Waals surface area contributed by atoms with Gasteiger partial charge in [-0.2, -0.15) is 4.98 Å². The first-order chi connectivity index (χ1) is 16.1. The number of hydrogen-bond donors (Lipinski definition) is 0. The number of halogens is 1. The van der Waals surface area contributed by atoms with E-state index in [9.17, 15) is 4.79 Å². The van der Waals surface area contributed by atoms with Gasteiger partial charge >= 0.3 is 0 Å². The molecule has 172 valence electrons. The molecular weight excluding hydrogens is 462 g/mol. The first-order valence-corrected chi connectivity index (χ1v) is 12.2. The second-order valence-electron chi connectivity index (χ2n) is 7.86. The second-order valence-corrected chi connectivity index (χ2v) is 9.31. The molecule has 9 nitrogen and oxygen atoms in total. The Morgan fingerprint density at radius 3 is 2.82 bits per heavy atom. The Morgan fingerprint density at radius 1 is 1.18 bits per heavy atom. The van der Waals surface area contributed by atoms with Gasteiger partial charge in [0.25, 0.3) is 0 Å². The van der Waals surface area contributed by atoms with E-state index in [4.69, 9.17) is 16.4 Å². The van der Waals surface area contributed by atoms with Crippen molar-refractivity contribution in [3.63, 3.8) is 0 Å². The summed E-state index contributed by atoms with van der Waals surface area (Å²) >= 11 is 7.84. The fourth-order valence-electron chi connectivity index (χ4n) is 3.99. The molecule has 3 aromatic heterocycles. The molecule has 0 aliphatic carbocycles. The number of carbonyl (C=O) groups excluding carboxylic acids is 1. The predicted molar refractivity (Wildman–Crippen MR) is 129 cm³/mol. The lowest BCUT2D eigenvalue weighted by Crippen LogP contribution is -2.49. The summed E-state index contributed by atoms with van der Waals surface area (Å²) in [5.74, 6) is 0.998. The number of carbonyl (C=O) groups is 1. The summed E-state index contributed by atoms with van der Waals surface area (Å²) in [7, 11) is 0. The zero-order chi connectivity index (χ0) is 22.8. The number of aryl methyl sites for hydroxylation is 1. The summed E-state index contributed by atoms with van der Waals surface area (Å²) < 4.78 is 0. The minimum atomic E-state index is 0.136. The molecule has 1 fully saturated rings. The average molecular weight is 486 g/mol. The summed E-state index contributed by atoms with van der Waals surface area (Å²) in [6.07, 6.45) is 2.00. The van der Waals surface area contributed by atoms with Crippen LogP contribution in [-0.2, 0) is 11.2 Å². The van der Waals surface area contributed by atoms with E-state index in [1.165, 1.54) is 9.72 Å². The van der Waals surface area contributed by atoms with Crippen molar-refractivity contribution in [1.29, 1.82) is 0 Å². The lowest BCUT2D eigenvalue weighted by Gasteiger charge is -2.35. The van der Waals surface area contributed by atoms with Crippen molar-refractivity contribution < 1.29 is 9.63 Å². The minimum absolute atomic E-state index is 0.136. The van der Waals surface area contributed by atoms with Gasteiger partial charge in [0.05, 0.1) is 5.39 Å². The number of thiophene rings is 1. The molecule has 1 amide bonds. The number of hydrogen-bond acceptors (Lipinski definition) is 8. The number of aromatic nitrogens is 5. The van der Waals surface area contributed by atoms with Crippen LogP contribution >= 0.6 is 22.9 Å². The van der Waals surface area contributed by atoms with Crippen molar-refractivity contribution in [1.82, 2.24) is 30.0 Å². The lowest BCUT2D eigenvalue weighted by molar-refractivity contribution is -0.131. The Balaban J connectivity index is 1.13. The van der Waals surface area contributed by atoms with Gasteiger partial charge in [-0.3, -0.25) is 4.79 Å². The van der Waals surface area contributed by atoms with Crippen molar-refractivity contribution in [2.24, 2.45) is 0 Å². The summed E-state index contributed by atoms with van der Waals surface area (Å²) in [5, 5.41) is 9.36. The van der Waals surface area contributed by atoms with Crippen molar-refractivity contribution in [2.75, 3.05) is 37.7 Å². The molecule has 0 N–H and O–H groups in total. The molecule has 0 saturated carbocycles. The molecule has 11 heteroatoms. The van der Waals surface area contributed by atoms with E-state index in [0.717, 1.165) is 33.5 Å². The van der Waals surface area contributed by atoms with E-state index in [-0.39, 0.29) is 11.2 Å². The molecule has 0 atom stereocenters. The van der Waals surface area contributed by atoms with Crippen LogP contribution in [0.5, 0.6) is 0 Å². The molecule has 5 rings (SSSR count). The van der Waals surface area contributed by atoms with E-state index in [1.54, 1.807) is 11.3 Å². The van der Waals surface area contributed by atoms with Gasteiger partial charge in [-0.05, 0) is 47.9 Å². The monoisotopic (exact) mass is 485 g/mol. The van der Waals surface area contributed by atoms with Gasteiger partial charge in [0, 0.05) is 37.5 Å². The van der Waals surface area contributed by atoms with Crippen LogP contribution in [0.25, 0.3) is 21.3 Å². The molecule has 0 spiro atoms. The molecule has 1 aromatic carbocycles. The third-order valence-electron chi connectivity index (χ3n) is 5.75. The Labute approximate surface area is 199 Å². The number of nitrogens with zero attached hydrogens (tertiary/aromatic N) is 7. The van der Waals surface area contributed by atoms with Gasteiger partial charge in [-0.15, -0.1) is 16.4 Å². The summed E-state index contributed by atoms with van der Waals surface area (Å²) in [6.45, 7) is 5.26. The van der Waals surface area contributed by atoms with Crippen LogP contribution in [0.3, 0.4) is 0 Å². The van der Waals surface area contributed by atoms with Crippen LogP contribution in [-0.4, -0.2) is 68.7 Å². The van der Waals surface area contributed by atoms with E-state index < -0.39 is 0 Å². The van der Waals surface area contributed by atoms with Gasteiger partial charge in [-0.25, -0.2) is 4.98 Å². The molecule has 0 radical (unpaired) electrons. The zero-order valence-corrected chi connectivity index (χ0v) is 19.8. The van der Waals surface area contributed by atoms with Crippen LogP contribution in [0, 0.1) is 0 Å². The van der Waals surface area contributed by atoms with Crippen molar-refractivity contribution >= 4 is 55.9 Å². The predicted octanol–water partition coefficient (Wildman–Crippen LogP) is 3.21. The first kappa shape index (κ1) is 21.8. The Hall–Kier alpha value is -2.98. The van der Waals surface area contributed by atoms with Crippen LogP contribution in [0.2, 0.25) is 5.28 Å². The van der Waals surface area contributed by atoms with Gasteiger partial charge < -0.3 is 14.6 Å². The smallest absolute Gasteiger partial charge is 0.225 e. The molecular formula is C22H24ClN7O2S. The van der Waals surface area contributed by atoms with Gasteiger partial charge in [0.2, 0.25) is 11.2 Å². The molecule has 4 heterocycles. The van der Waals surface area contributed by atoms with Crippen LogP contribution in [0.4, 0.5) is 5.82 Å². The standard InChI is InChI=1S/C22H24ClN7O2S/c1-2-15-14-16-20(24-22(23)25-21(16)33-15)29-11-9-28(10-12-29)19(31)8-5-13-32-30-18-7-4-3-6-17(18)26-27-30/h3-4,6-7,14H,2,5,8-13H2,1H3. The maximum Gasteiger partial charge on any atom is 0.225 e. The number of fused-ring (bicyclic) bond motifs is 2. The third-order valence-corrected chi connectivity index (χ3v) is 7.09. The summed E-state index contributed by atoms with van der Waals surface area (Å²) in [5.41, 5.74) is 1.60. The molecule has 1 saturated heterocycles. The minimum Gasteiger partial charge on any atom is -0.395 e. The topological polar surface area (TPSA) is 89.3 Å². The fraction of sp³-hybridized carbons (Fsp3) is 0.409. The third kappa shape index (κ3) is 4.58. The average Bonchev–Trinajstić information content (AvgIpc) is 3.45. The van der Waals surface area contributed by atoms with E-state index in [2.05, 4.69) is 38.2 Å². The maximum absolute atomic E-state index is 12.7. The number of rotatable bonds is 7. The highest BCUT2D eigenvalue weighted by Gasteiger charge is 2.24. The largest absolute Gasteiger partial charge is 0.395 e. The number of para-hydroxylation sites is 1. The zero-order valence-electron chi connectivity index (χ0n) is 18.3. The van der Waals surface area contributed by atoms with Gasteiger partial charge in [-0.1, -0.05) is 23.9 Å². The van der Waals surface area contributed by atoms with E-state index in [1.807, 2.05) is 29.2 Å². The number of amides is 1. The Morgan fingerprint density at radius 2 is 2.00 bits per heavy atom. The second kappa shape index (κ2) is 9.48. The molecule has 0 bridgehead atoms. The van der Waals surface area contributed by atoms with Gasteiger partial charge in [0.15, 0.2) is 0 Å². The highest BCUT2D eigenvalue weighted by Crippen LogP contribution is 2.32. The quantitative estimate of drug-likeness (QED) is 0.293. The van der Waals surface area contributed by atoms with E-state index >= 15 is 0 Å². The van der Waals surface area contributed by atoms with Crippen molar-refractivity contribution in [3.8, 4) is 0 Å². The van der Waals surface area contributed by atoms with Crippen LogP contribution in [0.1, 0.15) is 24.6 Å². The van der Waals surface area contributed by atoms with E-state index in [0.29, 0.717) is 45.6 Å². The van der Waals surface area contributed by atoms with Crippen LogP contribution in [0.15, 0.2) is 30.3 Å². The normalized spacial score (nSPS) is 14.4. The Kier molecular flexibility index (Phi) is 6.28. The lowest BCUT2D eigenvalue weighted by atomic mass is 10.2. The number of benzene rings is 1. The van der Waals surface area contributed by atoms with Crippen molar-refractivity contribution in [3.05, 3.63) is 40.5 Å². The fourth-order valence-corrected chi connectivity index (χ4v) is 5.17. The summed E-state index contributed by atoms with van der Waals surface area (Å²) in [6, 6.07) is 9.76.